The van der Waals surface area contributed by atoms with Crippen molar-refractivity contribution < 1.29 is 4.79 Å². The molecule has 0 unspecified atom stereocenters. The quantitative estimate of drug-likeness (QED) is 0.350. The lowest BCUT2D eigenvalue weighted by atomic mass is 10.0. The van der Waals surface area contributed by atoms with Crippen LogP contribution < -0.4 is 16.2 Å². The van der Waals surface area contributed by atoms with Crippen LogP contribution in [0.5, 0.6) is 0 Å². The number of carbonyl (C=O) groups is 1. The van der Waals surface area contributed by atoms with Gasteiger partial charge < -0.3 is 10.6 Å². The zero-order chi connectivity index (χ0) is 22.8. The van der Waals surface area contributed by atoms with E-state index in [-0.39, 0.29) is 11.5 Å². The van der Waals surface area contributed by atoms with Gasteiger partial charge in [0, 0.05) is 31.6 Å². The third-order valence-corrected chi connectivity index (χ3v) is 5.23. The number of anilines is 1. The van der Waals surface area contributed by atoms with Gasteiger partial charge in [0.15, 0.2) is 0 Å². The number of hydrogen-bond donors (Lipinski definition) is 2. The molecular weight excluding hydrogens is 402 g/mol. The molecule has 0 saturated carbocycles. The molecule has 0 saturated heterocycles. The van der Waals surface area contributed by atoms with Gasteiger partial charge in [0.25, 0.3) is 5.56 Å². The minimum atomic E-state index is -0.218. The molecule has 168 valence electrons. The minimum absolute atomic E-state index is 0.180. The number of benzene rings is 1. The third kappa shape index (κ3) is 6.77. The first-order valence-electron chi connectivity index (χ1n) is 11.2. The zero-order valence-electron chi connectivity index (χ0n) is 18.8. The van der Waals surface area contributed by atoms with E-state index in [4.69, 9.17) is 0 Å². The van der Waals surface area contributed by atoms with Crippen molar-refractivity contribution in [1.82, 2.24) is 19.9 Å². The molecule has 0 radical (unpaired) electrons. The maximum atomic E-state index is 12.7. The Labute approximate surface area is 188 Å². The van der Waals surface area contributed by atoms with Crippen LogP contribution in [0.15, 0.2) is 59.8 Å². The molecule has 32 heavy (non-hydrogen) atoms. The molecule has 2 aromatic heterocycles. The van der Waals surface area contributed by atoms with Gasteiger partial charge in [0.05, 0.1) is 10.9 Å². The highest BCUT2D eigenvalue weighted by atomic mass is 16.1. The van der Waals surface area contributed by atoms with E-state index in [1.807, 2.05) is 36.4 Å². The number of nitrogens with zero attached hydrogens (tertiary/aromatic N) is 3. The lowest BCUT2D eigenvalue weighted by molar-refractivity contribution is -0.116. The van der Waals surface area contributed by atoms with E-state index in [1.165, 1.54) is 23.2 Å². The topological polar surface area (TPSA) is 88.9 Å². The molecule has 0 atom stereocenters. The minimum Gasteiger partial charge on any atom is -0.370 e. The van der Waals surface area contributed by atoms with Crippen molar-refractivity contribution in [2.75, 3.05) is 18.4 Å². The van der Waals surface area contributed by atoms with Gasteiger partial charge in [-0.2, -0.15) is 0 Å². The van der Waals surface area contributed by atoms with Crippen LogP contribution in [-0.4, -0.2) is 33.5 Å². The number of unbranched alkanes of at least 4 members (excludes halogenated alkanes) is 3. The summed E-state index contributed by atoms with van der Waals surface area (Å²) in [5.74, 6) is 1.00. The fourth-order valence-corrected chi connectivity index (χ4v) is 3.32. The Bertz CT molecular complexity index is 1110. The molecular formula is C25H31N5O2. The molecule has 0 spiro atoms. The summed E-state index contributed by atoms with van der Waals surface area (Å²) in [6.07, 6.45) is 10.2. The molecule has 3 rings (SSSR count). The molecule has 0 aliphatic heterocycles. The predicted molar refractivity (Wildman–Crippen MR) is 130 cm³/mol. The molecule has 7 nitrogen and oxygen atoms in total. The second-order valence-corrected chi connectivity index (χ2v) is 8.05. The molecule has 0 fully saturated rings. The van der Waals surface area contributed by atoms with Crippen molar-refractivity contribution in [2.45, 2.75) is 45.4 Å². The van der Waals surface area contributed by atoms with Crippen LogP contribution in [0.25, 0.3) is 17.1 Å². The summed E-state index contributed by atoms with van der Waals surface area (Å²) >= 11 is 0. The first kappa shape index (κ1) is 23.2. The highest BCUT2D eigenvalue weighted by molar-refractivity contribution is 5.90. The molecule has 2 N–H and O–H groups in total. The van der Waals surface area contributed by atoms with E-state index < -0.39 is 0 Å². The lowest BCUT2D eigenvalue weighted by Gasteiger charge is -2.07. The van der Waals surface area contributed by atoms with Gasteiger partial charge in [-0.1, -0.05) is 38.8 Å². The maximum absolute atomic E-state index is 12.7. The van der Waals surface area contributed by atoms with Crippen LogP contribution in [0.2, 0.25) is 0 Å². The number of nitrogens with one attached hydrogen (secondary N) is 2. The molecule has 1 aromatic carbocycles. The third-order valence-electron chi connectivity index (χ3n) is 5.23. The van der Waals surface area contributed by atoms with Crippen LogP contribution >= 0.6 is 0 Å². The summed E-state index contributed by atoms with van der Waals surface area (Å²) in [7, 11) is 0. The Morgan fingerprint density at radius 3 is 2.62 bits per heavy atom. The van der Waals surface area contributed by atoms with Gasteiger partial charge in [-0.3, -0.25) is 14.2 Å². The summed E-state index contributed by atoms with van der Waals surface area (Å²) in [6.45, 7) is 5.66. The zero-order valence-corrected chi connectivity index (χ0v) is 18.8. The number of amides is 1. The highest BCUT2D eigenvalue weighted by Gasteiger charge is 2.06. The Hall–Kier alpha value is -3.48. The van der Waals surface area contributed by atoms with E-state index in [2.05, 4.69) is 34.4 Å². The van der Waals surface area contributed by atoms with Gasteiger partial charge >= 0.3 is 0 Å². The Morgan fingerprint density at radius 1 is 1.06 bits per heavy atom. The summed E-state index contributed by atoms with van der Waals surface area (Å²) < 4.78 is 1.35. The van der Waals surface area contributed by atoms with Gasteiger partial charge in [0.1, 0.15) is 12.1 Å². The number of aromatic nitrogens is 3. The summed E-state index contributed by atoms with van der Waals surface area (Å²) in [5, 5.41) is 6.71. The maximum Gasteiger partial charge on any atom is 0.265 e. The predicted octanol–water partition coefficient (Wildman–Crippen LogP) is 4.17. The standard InChI is InChI=1S/C25H31N5O2/c1-19(2)20-10-11-22-21(17-20)25(32)30(18-29-22)16-12-24(31)28-15-7-4-3-6-13-26-23-9-5-8-14-27-23/h5,8-12,14,16-19H,3-4,6-7,13,15H2,1-2H3,(H,26,27)(H,28,31). The smallest absolute Gasteiger partial charge is 0.265 e. The van der Waals surface area contributed by atoms with Crippen molar-refractivity contribution in [3.63, 3.8) is 0 Å². The van der Waals surface area contributed by atoms with Crippen LogP contribution in [-0.2, 0) is 4.79 Å². The van der Waals surface area contributed by atoms with E-state index in [9.17, 15) is 9.59 Å². The molecule has 1 amide bonds. The first-order chi connectivity index (χ1) is 15.5. The van der Waals surface area contributed by atoms with E-state index >= 15 is 0 Å². The van der Waals surface area contributed by atoms with E-state index in [0.717, 1.165) is 43.6 Å². The SMILES string of the molecule is CC(C)c1ccc2ncn(C=CC(=O)NCCCCCCNc3ccccn3)c(=O)c2c1. The summed E-state index contributed by atoms with van der Waals surface area (Å²) in [5.41, 5.74) is 1.56. The normalized spacial score (nSPS) is 11.3. The van der Waals surface area contributed by atoms with Crippen molar-refractivity contribution in [2.24, 2.45) is 0 Å². The molecule has 0 aliphatic rings. The summed E-state index contributed by atoms with van der Waals surface area (Å²) in [4.78, 5) is 33.3. The number of rotatable bonds is 11. The van der Waals surface area contributed by atoms with Gasteiger partial charge in [-0.25, -0.2) is 9.97 Å². The average molecular weight is 434 g/mol. The Morgan fingerprint density at radius 2 is 1.88 bits per heavy atom. The van der Waals surface area contributed by atoms with Crippen molar-refractivity contribution >= 4 is 28.8 Å². The van der Waals surface area contributed by atoms with Crippen LogP contribution in [0.4, 0.5) is 5.82 Å². The molecule has 0 bridgehead atoms. The van der Waals surface area contributed by atoms with Crippen LogP contribution in [0.1, 0.15) is 51.0 Å². The number of pyridine rings is 1. The van der Waals surface area contributed by atoms with Gasteiger partial charge in [0.2, 0.25) is 5.91 Å². The Balaban J connectivity index is 1.39. The second kappa shape index (κ2) is 11.8. The Kier molecular flexibility index (Phi) is 8.54. The monoisotopic (exact) mass is 433 g/mol. The molecule has 2 heterocycles. The highest BCUT2D eigenvalue weighted by Crippen LogP contribution is 2.17. The number of fused-ring (bicyclic) bond motifs is 1. The van der Waals surface area contributed by atoms with E-state index in [0.29, 0.717) is 23.4 Å². The fraction of sp³-hybridized carbons (Fsp3) is 0.360. The van der Waals surface area contributed by atoms with Gasteiger partial charge in [-0.15, -0.1) is 0 Å². The molecule has 3 aromatic rings. The molecule has 0 aliphatic carbocycles. The van der Waals surface area contributed by atoms with Crippen molar-refractivity contribution in [1.29, 1.82) is 0 Å². The fourth-order valence-electron chi connectivity index (χ4n) is 3.32. The number of hydrogen-bond acceptors (Lipinski definition) is 5. The summed E-state index contributed by atoms with van der Waals surface area (Å²) in [6, 6.07) is 11.5. The molecule has 7 heteroatoms. The van der Waals surface area contributed by atoms with Crippen LogP contribution in [0.3, 0.4) is 0 Å². The van der Waals surface area contributed by atoms with Crippen molar-refractivity contribution in [3.05, 3.63) is 70.9 Å². The van der Waals surface area contributed by atoms with E-state index in [1.54, 1.807) is 6.20 Å². The van der Waals surface area contributed by atoms with Crippen molar-refractivity contribution in [3.8, 4) is 0 Å². The van der Waals surface area contributed by atoms with Gasteiger partial charge in [-0.05, 0) is 48.6 Å². The number of carbonyl (C=O) groups excluding carboxylic acids is 1. The second-order valence-electron chi connectivity index (χ2n) is 8.05. The van der Waals surface area contributed by atoms with Crippen LogP contribution in [0, 0.1) is 0 Å². The average Bonchev–Trinajstić information content (AvgIpc) is 2.81. The largest absolute Gasteiger partial charge is 0.370 e. The first-order valence-corrected chi connectivity index (χ1v) is 11.2. The lowest BCUT2D eigenvalue weighted by Crippen LogP contribution is -2.23.